The summed E-state index contributed by atoms with van der Waals surface area (Å²) in [6, 6.07) is 16.0. The Morgan fingerprint density at radius 3 is 2.77 bits per heavy atom. The summed E-state index contributed by atoms with van der Waals surface area (Å²) in [5, 5.41) is 2.54. The molecular weight excluding hydrogens is 418 g/mol. The molecule has 1 saturated heterocycles. The standard InChI is InChI=1S/C24H20F2N2O2S/c25-18-12-20(26)23-21(13-18)31-24(27-23)28(14-19-6-3-9-30-19)22(29)11-15-7-8-16-4-1-2-5-17(16)10-15/h1-2,4-5,7-8,10,12-13,19H,3,6,9,11,14H2. The minimum Gasteiger partial charge on any atom is -0.376 e. The van der Waals surface area contributed by atoms with Gasteiger partial charge in [-0.3, -0.25) is 9.69 Å². The van der Waals surface area contributed by atoms with Crippen LogP contribution < -0.4 is 4.90 Å². The van der Waals surface area contributed by atoms with Crippen LogP contribution in [-0.2, 0) is 16.0 Å². The predicted molar refractivity (Wildman–Crippen MR) is 119 cm³/mol. The summed E-state index contributed by atoms with van der Waals surface area (Å²) < 4.78 is 34.0. The Balaban J connectivity index is 1.47. The molecule has 1 aromatic heterocycles. The van der Waals surface area contributed by atoms with Crippen molar-refractivity contribution in [1.82, 2.24) is 4.98 Å². The molecule has 7 heteroatoms. The summed E-state index contributed by atoms with van der Waals surface area (Å²) >= 11 is 1.12. The number of hydrogen-bond acceptors (Lipinski definition) is 4. The molecule has 0 saturated carbocycles. The molecule has 31 heavy (non-hydrogen) atoms. The molecule has 1 amide bonds. The maximum absolute atomic E-state index is 14.2. The van der Waals surface area contributed by atoms with Gasteiger partial charge in [0, 0.05) is 12.7 Å². The van der Waals surface area contributed by atoms with E-state index in [0.717, 1.165) is 46.6 Å². The largest absolute Gasteiger partial charge is 0.376 e. The Bertz CT molecular complexity index is 1270. The van der Waals surface area contributed by atoms with Gasteiger partial charge in [-0.15, -0.1) is 0 Å². The first-order valence-electron chi connectivity index (χ1n) is 10.2. The fourth-order valence-corrected chi connectivity index (χ4v) is 4.99. The molecule has 0 spiro atoms. The molecule has 0 N–H and O–H groups in total. The molecule has 1 unspecified atom stereocenters. The summed E-state index contributed by atoms with van der Waals surface area (Å²) in [4.78, 5) is 19.2. The Kier molecular flexibility index (Phi) is 5.38. The van der Waals surface area contributed by atoms with Crippen LogP contribution in [-0.4, -0.2) is 30.1 Å². The first-order chi connectivity index (χ1) is 15.1. The summed E-state index contributed by atoms with van der Waals surface area (Å²) in [6.45, 7) is 1.01. The molecular formula is C24H20F2N2O2S. The van der Waals surface area contributed by atoms with E-state index in [0.29, 0.717) is 23.0 Å². The lowest BCUT2D eigenvalue weighted by atomic mass is 10.0. The molecule has 158 valence electrons. The molecule has 0 aliphatic carbocycles. The predicted octanol–water partition coefficient (Wildman–Crippen LogP) is 5.48. The smallest absolute Gasteiger partial charge is 0.233 e. The molecule has 1 atom stereocenters. The molecule has 1 aliphatic heterocycles. The minimum atomic E-state index is -0.725. The van der Waals surface area contributed by atoms with Gasteiger partial charge in [-0.2, -0.15) is 0 Å². The number of carbonyl (C=O) groups excluding carboxylic acids is 1. The van der Waals surface area contributed by atoms with Crippen LogP contribution in [0.4, 0.5) is 13.9 Å². The molecule has 0 bridgehead atoms. The van der Waals surface area contributed by atoms with E-state index in [1.54, 1.807) is 4.90 Å². The Labute approximate surface area is 182 Å². The molecule has 0 radical (unpaired) electrons. The maximum Gasteiger partial charge on any atom is 0.233 e. The van der Waals surface area contributed by atoms with Crippen molar-refractivity contribution in [3.8, 4) is 0 Å². The average Bonchev–Trinajstić information content (AvgIpc) is 3.41. The fourth-order valence-electron chi connectivity index (χ4n) is 3.96. The zero-order valence-corrected chi connectivity index (χ0v) is 17.5. The van der Waals surface area contributed by atoms with Crippen molar-refractivity contribution < 1.29 is 18.3 Å². The van der Waals surface area contributed by atoms with Crippen LogP contribution in [0.15, 0.2) is 54.6 Å². The second-order valence-corrected chi connectivity index (χ2v) is 8.74. The van der Waals surface area contributed by atoms with E-state index in [9.17, 15) is 13.6 Å². The van der Waals surface area contributed by atoms with Gasteiger partial charge in [0.15, 0.2) is 10.9 Å². The highest BCUT2D eigenvalue weighted by molar-refractivity contribution is 7.22. The third-order valence-corrected chi connectivity index (χ3v) is 6.54. The van der Waals surface area contributed by atoms with E-state index in [2.05, 4.69) is 4.98 Å². The SMILES string of the molecule is O=C(Cc1ccc2ccccc2c1)N(CC1CCCO1)c1nc2c(F)cc(F)cc2s1. The molecule has 1 fully saturated rings. The molecule has 1 aliphatic rings. The number of aromatic nitrogens is 1. The lowest BCUT2D eigenvalue weighted by Crippen LogP contribution is -2.38. The Morgan fingerprint density at radius 2 is 1.97 bits per heavy atom. The van der Waals surface area contributed by atoms with E-state index in [-0.39, 0.29) is 23.9 Å². The maximum atomic E-state index is 14.2. The first-order valence-corrected chi connectivity index (χ1v) is 11.0. The van der Waals surface area contributed by atoms with Crippen LogP contribution in [0, 0.1) is 11.6 Å². The minimum absolute atomic E-state index is 0.0808. The number of nitrogens with zero attached hydrogens (tertiary/aromatic N) is 2. The number of anilines is 1. The highest BCUT2D eigenvalue weighted by atomic mass is 32.1. The number of benzene rings is 3. The van der Waals surface area contributed by atoms with Gasteiger partial charge >= 0.3 is 0 Å². The van der Waals surface area contributed by atoms with Crippen LogP contribution in [0.2, 0.25) is 0 Å². The van der Waals surface area contributed by atoms with Crippen LogP contribution in [0.3, 0.4) is 0 Å². The van der Waals surface area contributed by atoms with Crippen molar-refractivity contribution >= 4 is 43.4 Å². The van der Waals surface area contributed by atoms with E-state index in [4.69, 9.17) is 4.74 Å². The zero-order chi connectivity index (χ0) is 21.4. The summed E-state index contributed by atoms with van der Waals surface area (Å²) in [7, 11) is 0. The average molecular weight is 438 g/mol. The number of ether oxygens (including phenoxy) is 1. The monoisotopic (exact) mass is 438 g/mol. The topological polar surface area (TPSA) is 42.4 Å². The number of hydrogen-bond donors (Lipinski definition) is 0. The third kappa shape index (κ3) is 4.16. The van der Waals surface area contributed by atoms with Crippen LogP contribution in [0.1, 0.15) is 18.4 Å². The van der Waals surface area contributed by atoms with Gasteiger partial charge in [0.1, 0.15) is 11.3 Å². The molecule has 5 rings (SSSR count). The van der Waals surface area contributed by atoms with Crippen molar-refractivity contribution in [1.29, 1.82) is 0 Å². The van der Waals surface area contributed by atoms with Crippen LogP contribution in [0.25, 0.3) is 21.0 Å². The van der Waals surface area contributed by atoms with Crippen molar-refractivity contribution in [3.63, 3.8) is 0 Å². The normalized spacial score (nSPS) is 16.3. The third-order valence-electron chi connectivity index (χ3n) is 5.51. The zero-order valence-electron chi connectivity index (χ0n) is 16.7. The second-order valence-electron chi connectivity index (χ2n) is 7.73. The van der Waals surface area contributed by atoms with Gasteiger partial charge in [0.25, 0.3) is 0 Å². The summed E-state index contributed by atoms with van der Waals surface area (Å²) in [5.41, 5.74) is 0.969. The fraction of sp³-hybridized carbons (Fsp3) is 0.250. The number of thiazole rings is 1. The Morgan fingerprint density at radius 1 is 1.13 bits per heavy atom. The lowest BCUT2D eigenvalue weighted by Gasteiger charge is -2.23. The second kappa shape index (κ2) is 8.32. The lowest BCUT2D eigenvalue weighted by molar-refractivity contribution is -0.118. The van der Waals surface area contributed by atoms with E-state index in [1.807, 2.05) is 42.5 Å². The van der Waals surface area contributed by atoms with Gasteiger partial charge in [-0.1, -0.05) is 53.8 Å². The quantitative estimate of drug-likeness (QED) is 0.414. The van der Waals surface area contributed by atoms with Crippen LogP contribution in [0.5, 0.6) is 0 Å². The van der Waals surface area contributed by atoms with Crippen molar-refractivity contribution in [3.05, 3.63) is 71.8 Å². The van der Waals surface area contributed by atoms with E-state index >= 15 is 0 Å². The number of amides is 1. The summed E-state index contributed by atoms with van der Waals surface area (Å²) in [5.74, 6) is -1.53. The highest BCUT2D eigenvalue weighted by Crippen LogP contribution is 2.32. The molecule has 4 nitrogen and oxygen atoms in total. The Hall–Kier alpha value is -2.90. The van der Waals surface area contributed by atoms with Crippen LogP contribution >= 0.6 is 11.3 Å². The summed E-state index contributed by atoms with van der Waals surface area (Å²) in [6.07, 6.45) is 1.89. The van der Waals surface area contributed by atoms with E-state index < -0.39 is 11.6 Å². The van der Waals surface area contributed by atoms with Crippen molar-refractivity contribution in [2.75, 3.05) is 18.1 Å². The number of carbonyl (C=O) groups is 1. The number of halogens is 2. The highest BCUT2D eigenvalue weighted by Gasteiger charge is 2.27. The number of fused-ring (bicyclic) bond motifs is 2. The van der Waals surface area contributed by atoms with Gasteiger partial charge in [-0.05, 0) is 35.2 Å². The van der Waals surface area contributed by atoms with Gasteiger partial charge < -0.3 is 4.74 Å². The number of rotatable bonds is 5. The van der Waals surface area contributed by atoms with Crippen molar-refractivity contribution in [2.24, 2.45) is 0 Å². The van der Waals surface area contributed by atoms with Gasteiger partial charge in [-0.25, -0.2) is 13.8 Å². The van der Waals surface area contributed by atoms with E-state index in [1.165, 1.54) is 6.07 Å². The molecule has 2 heterocycles. The van der Waals surface area contributed by atoms with Crippen molar-refractivity contribution in [2.45, 2.75) is 25.4 Å². The van der Waals surface area contributed by atoms with Gasteiger partial charge in [0.2, 0.25) is 5.91 Å². The first kappa shape index (κ1) is 20.0. The molecule has 4 aromatic rings. The molecule has 3 aromatic carbocycles. The van der Waals surface area contributed by atoms with Gasteiger partial charge in [0.05, 0.1) is 23.8 Å².